The van der Waals surface area contributed by atoms with E-state index in [4.69, 9.17) is 11.6 Å². The Balaban J connectivity index is 0.00000242. The average Bonchev–Trinajstić information content (AvgIpc) is 2.39. The maximum atomic E-state index is 12.2. The van der Waals surface area contributed by atoms with Gasteiger partial charge >= 0.3 is 0 Å². The Hall–Kier alpha value is -1.30. The molecule has 1 fully saturated rings. The van der Waals surface area contributed by atoms with Crippen molar-refractivity contribution in [1.29, 1.82) is 0 Å². The van der Waals surface area contributed by atoms with Crippen molar-refractivity contribution in [3.05, 3.63) is 29.3 Å². The van der Waals surface area contributed by atoms with Gasteiger partial charge in [-0.1, -0.05) is 18.5 Å². The highest BCUT2D eigenvalue weighted by Crippen LogP contribution is 2.14. The molecule has 1 aromatic rings. The summed E-state index contributed by atoms with van der Waals surface area (Å²) in [5.41, 5.74) is 0.679. The molecule has 0 aromatic heterocycles. The van der Waals surface area contributed by atoms with Gasteiger partial charge in [0.05, 0.1) is 12.5 Å². The lowest BCUT2D eigenvalue weighted by Gasteiger charge is -2.32. The number of carbonyl (C=O) groups excluding carboxylic acids is 2. The van der Waals surface area contributed by atoms with E-state index in [1.807, 2.05) is 6.92 Å². The molecule has 7 heteroatoms. The van der Waals surface area contributed by atoms with Crippen LogP contribution < -0.4 is 10.6 Å². The van der Waals surface area contributed by atoms with E-state index in [-0.39, 0.29) is 36.7 Å². The van der Waals surface area contributed by atoms with Crippen molar-refractivity contribution in [3.8, 4) is 0 Å². The number of halogens is 2. The number of nitrogens with one attached hydrogen (secondary N) is 2. The molecule has 1 aromatic carbocycles. The smallest absolute Gasteiger partial charge is 0.243 e. The van der Waals surface area contributed by atoms with Crippen molar-refractivity contribution in [2.45, 2.75) is 13.3 Å². The number of amides is 2. The molecular weight excluding hydrogens is 325 g/mol. The van der Waals surface area contributed by atoms with Crippen molar-refractivity contribution < 1.29 is 9.59 Å². The molecule has 22 heavy (non-hydrogen) atoms. The minimum absolute atomic E-state index is 0. The zero-order valence-corrected chi connectivity index (χ0v) is 14.0. The molecule has 0 bridgehead atoms. The van der Waals surface area contributed by atoms with Crippen LogP contribution in [0.3, 0.4) is 0 Å². The summed E-state index contributed by atoms with van der Waals surface area (Å²) in [6.45, 7) is 4.10. The molecule has 1 saturated heterocycles. The fourth-order valence-electron chi connectivity index (χ4n) is 2.17. The number of rotatable bonds is 6. The lowest BCUT2D eigenvalue weighted by Crippen LogP contribution is -2.53. The fourth-order valence-corrected chi connectivity index (χ4v) is 2.29. The highest BCUT2D eigenvalue weighted by molar-refractivity contribution is 6.30. The van der Waals surface area contributed by atoms with Crippen LogP contribution in [0.25, 0.3) is 0 Å². The standard InChI is InChI=1S/C15H20ClN3O2.ClH/c1-2-7-19(15(21)11-8-17-9-11)10-14(20)18-13-5-3-12(16)4-6-13;/h3-6,11,17H,2,7-10H2,1H3,(H,18,20);1H. The van der Waals surface area contributed by atoms with Crippen LogP contribution in [0.1, 0.15) is 13.3 Å². The lowest BCUT2D eigenvalue weighted by atomic mass is 10.0. The van der Waals surface area contributed by atoms with E-state index in [2.05, 4.69) is 10.6 Å². The zero-order chi connectivity index (χ0) is 15.2. The molecule has 1 aliphatic heterocycles. The van der Waals surface area contributed by atoms with E-state index in [9.17, 15) is 9.59 Å². The minimum Gasteiger partial charge on any atom is -0.333 e. The Bertz CT molecular complexity index is 504. The third-order valence-electron chi connectivity index (χ3n) is 3.40. The highest BCUT2D eigenvalue weighted by atomic mass is 35.5. The first kappa shape index (κ1) is 18.7. The van der Waals surface area contributed by atoms with Gasteiger partial charge in [-0.2, -0.15) is 0 Å². The second-order valence-electron chi connectivity index (χ2n) is 5.17. The molecule has 1 heterocycles. The van der Waals surface area contributed by atoms with Crippen LogP contribution in [-0.2, 0) is 9.59 Å². The van der Waals surface area contributed by atoms with Crippen molar-refractivity contribution in [3.63, 3.8) is 0 Å². The molecule has 0 spiro atoms. The second-order valence-corrected chi connectivity index (χ2v) is 5.61. The quantitative estimate of drug-likeness (QED) is 0.830. The molecular formula is C15H21Cl2N3O2. The molecule has 2 amide bonds. The number of anilines is 1. The van der Waals surface area contributed by atoms with Gasteiger partial charge in [-0.15, -0.1) is 12.4 Å². The first-order valence-electron chi connectivity index (χ1n) is 7.15. The maximum absolute atomic E-state index is 12.2. The van der Waals surface area contributed by atoms with Crippen LogP contribution in [0.4, 0.5) is 5.69 Å². The van der Waals surface area contributed by atoms with E-state index in [1.54, 1.807) is 29.2 Å². The molecule has 2 rings (SSSR count). The van der Waals surface area contributed by atoms with Crippen LogP contribution in [0, 0.1) is 5.92 Å². The molecule has 0 radical (unpaired) electrons. The molecule has 1 aliphatic rings. The van der Waals surface area contributed by atoms with E-state index in [0.717, 1.165) is 6.42 Å². The number of hydrogen-bond donors (Lipinski definition) is 2. The van der Waals surface area contributed by atoms with Gasteiger partial charge in [0.1, 0.15) is 0 Å². The van der Waals surface area contributed by atoms with Gasteiger partial charge in [0.15, 0.2) is 0 Å². The van der Waals surface area contributed by atoms with Gasteiger partial charge in [-0.25, -0.2) is 0 Å². The monoisotopic (exact) mass is 345 g/mol. The van der Waals surface area contributed by atoms with Gasteiger partial charge in [0.2, 0.25) is 11.8 Å². The Labute approximate surface area is 141 Å². The summed E-state index contributed by atoms with van der Waals surface area (Å²) in [4.78, 5) is 25.9. The third-order valence-corrected chi connectivity index (χ3v) is 3.65. The number of carbonyl (C=O) groups is 2. The van der Waals surface area contributed by atoms with Gasteiger partial charge in [-0.3, -0.25) is 9.59 Å². The van der Waals surface area contributed by atoms with Crippen molar-refractivity contribution in [2.24, 2.45) is 5.92 Å². The molecule has 122 valence electrons. The second kappa shape index (κ2) is 8.98. The van der Waals surface area contributed by atoms with Gasteiger partial charge in [0.25, 0.3) is 0 Å². The van der Waals surface area contributed by atoms with E-state index in [1.165, 1.54) is 0 Å². The molecule has 2 N–H and O–H groups in total. The van der Waals surface area contributed by atoms with Crippen molar-refractivity contribution in [1.82, 2.24) is 10.2 Å². The predicted molar refractivity (Wildman–Crippen MR) is 90.6 cm³/mol. The first-order chi connectivity index (χ1) is 10.1. The summed E-state index contributed by atoms with van der Waals surface area (Å²) >= 11 is 5.80. The number of hydrogen-bond acceptors (Lipinski definition) is 3. The molecule has 0 unspecified atom stereocenters. The summed E-state index contributed by atoms with van der Waals surface area (Å²) < 4.78 is 0. The largest absolute Gasteiger partial charge is 0.333 e. The van der Waals surface area contributed by atoms with Crippen LogP contribution in [-0.4, -0.2) is 42.9 Å². The van der Waals surface area contributed by atoms with E-state index < -0.39 is 0 Å². The van der Waals surface area contributed by atoms with Crippen molar-refractivity contribution in [2.75, 3.05) is 31.5 Å². The van der Waals surface area contributed by atoms with Gasteiger partial charge in [0, 0.05) is 30.3 Å². The molecule has 0 atom stereocenters. The van der Waals surface area contributed by atoms with Crippen LogP contribution >= 0.6 is 24.0 Å². The van der Waals surface area contributed by atoms with E-state index in [0.29, 0.717) is 30.3 Å². The lowest BCUT2D eigenvalue weighted by molar-refractivity contribution is -0.139. The summed E-state index contributed by atoms with van der Waals surface area (Å²) in [6, 6.07) is 6.91. The Morgan fingerprint density at radius 3 is 2.45 bits per heavy atom. The van der Waals surface area contributed by atoms with Crippen LogP contribution in [0.2, 0.25) is 5.02 Å². The highest BCUT2D eigenvalue weighted by Gasteiger charge is 2.29. The Morgan fingerprint density at radius 2 is 1.95 bits per heavy atom. The van der Waals surface area contributed by atoms with Crippen LogP contribution in [0.5, 0.6) is 0 Å². The first-order valence-corrected chi connectivity index (χ1v) is 7.53. The Morgan fingerprint density at radius 1 is 1.32 bits per heavy atom. The number of nitrogens with zero attached hydrogens (tertiary/aromatic N) is 1. The summed E-state index contributed by atoms with van der Waals surface area (Å²) in [5, 5.41) is 6.48. The Kier molecular flexibility index (Phi) is 7.65. The summed E-state index contributed by atoms with van der Waals surface area (Å²) in [6.07, 6.45) is 0.833. The topological polar surface area (TPSA) is 61.4 Å². The summed E-state index contributed by atoms with van der Waals surface area (Å²) in [5.74, 6) is -0.117. The van der Waals surface area contributed by atoms with E-state index >= 15 is 0 Å². The normalized spacial score (nSPS) is 13.7. The molecule has 0 aliphatic carbocycles. The SMILES string of the molecule is CCCN(CC(=O)Nc1ccc(Cl)cc1)C(=O)C1CNC1.Cl. The number of benzene rings is 1. The van der Waals surface area contributed by atoms with Gasteiger partial charge < -0.3 is 15.5 Å². The average molecular weight is 346 g/mol. The van der Waals surface area contributed by atoms with Crippen molar-refractivity contribution >= 4 is 41.5 Å². The fraction of sp³-hybridized carbons (Fsp3) is 0.467. The van der Waals surface area contributed by atoms with Gasteiger partial charge in [-0.05, 0) is 30.7 Å². The third kappa shape index (κ3) is 5.16. The maximum Gasteiger partial charge on any atom is 0.243 e. The zero-order valence-electron chi connectivity index (χ0n) is 12.5. The van der Waals surface area contributed by atoms with Crippen LogP contribution in [0.15, 0.2) is 24.3 Å². The minimum atomic E-state index is -0.189. The summed E-state index contributed by atoms with van der Waals surface area (Å²) in [7, 11) is 0. The predicted octanol–water partition coefficient (Wildman–Crippen LogP) is 2.16. The molecule has 5 nitrogen and oxygen atoms in total. The molecule has 0 saturated carbocycles.